The molecule has 1 unspecified atom stereocenters. The van der Waals surface area contributed by atoms with Gasteiger partial charge in [0.05, 0.1) is 0 Å². The molecule has 1 aliphatic carbocycles. The Kier molecular flexibility index (Phi) is 6.31. The number of aromatic amines is 1. The molecule has 33 heavy (non-hydrogen) atoms. The summed E-state index contributed by atoms with van der Waals surface area (Å²) in [4.78, 5) is 38.7. The highest BCUT2D eigenvalue weighted by atomic mass is 16.5. The Balaban J connectivity index is 1.31. The second-order valence-electron chi connectivity index (χ2n) is 7.36. The lowest BCUT2D eigenvalue weighted by molar-refractivity contribution is -0.146. The predicted molar refractivity (Wildman–Crippen MR) is 116 cm³/mol. The fourth-order valence-corrected chi connectivity index (χ4v) is 3.67. The minimum atomic E-state index is -1.58. The van der Waals surface area contributed by atoms with Crippen LogP contribution in [0, 0.1) is 0 Å². The van der Waals surface area contributed by atoms with Gasteiger partial charge in [-0.1, -0.05) is 48.5 Å². The quantitative estimate of drug-likeness (QED) is 0.345. The SMILES string of the molecule is O=C(Nc1n[nH]c(C(=O)NCCC(O)C(=O)O)n1)OCC1c2ccccc2-c2ccccc21. The number of aliphatic hydroxyl groups excluding tert-OH is 1. The molecule has 0 bridgehead atoms. The Morgan fingerprint density at radius 3 is 2.33 bits per heavy atom. The summed E-state index contributed by atoms with van der Waals surface area (Å²) in [5.41, 5.74) is 4.39. The van der Waals surface area contributed by atoms with Crippen LogP contribution >= 0.6 is 0 Å². The van der Waals surface area contributed by atoms with Crippen LogP contribution < -0.4 is 10.6 Å². The molecule has 0 radical (unpaired) electrons. The number of aliphatic hydroxyl groups is 1. The number of rotatable bonds is 8. The molecule has 5 N–H and O–H groups in total. The number of carbonyl (C=O) groups is 3. The van der Waals surface area contributed by atoms with Crippen LogP contribution in [0.4, 0.5) is 10.7 Å². The number of aromatic nitrogens is 3. The molecule has 3 aromatic rings. The van der Waals surface area contributed by atoms with Gasteiger partial charge in [-0.05, 0) is 22.3 Å². The summed E-state index contributed by atoms with van der Waals surface area (Å²) < 4.78 is 5.40. The Labute approximate surface area is 187 Å². The number of nitrogens with one attached hydrogen (secondary N) is 3. The van der Waals surface area contributed by atoms with Crippen molar-refractivity contribution in [2.45, 2.75) is 18.4 Å². The monoisotopic (exact) mass is 451 g/mol. The van der Waals surface area contributed by atoms with Gasteiger partial charge >= 0.3 is 12.1 Å². The molecule has 1 aliphatic rings. The van der Waals surface area contributed by atoms with Gasteiger partial charge in [0.15, 0.2) is 6.10 Å². The van der Waals surface area contributed by atoms with E-state index in [2.05, 4.69) is 25.8 Å². The predicted octanol–water partition coefficient (Wildman–Crippen LogP) is 1.73. The van der Waals surface area contributed by atoms with E-state index >= 15 is 0 Å². The van der Waals surface area contributed by atoms with Crippen molar-refractivity contribution in [2.24, 2.45) is 0 Å². The van der Waals surface area contributed by atoms with Gasteiger partial charge in [-0.15, -0.1) is 5.10 Å². The summed E-state index contributed by atoms with van der Waals surface area (Å²) in [6.07, 6.45) is -2.52. The number of H-pyrrole nitrogens is 1. The minimum absolute atomic E-state index is 0.0812. The van der Waals surface area contributed by atoms with E-state index in [4.69, 9.17) is 9.84 Å². The maximum Gasteiger partial charge on any atom is 0.414 e. The van der Waals surface area contributed by atoms with Gasteiger partial charge in [0.25, 0.3) is 11.9 Å². The number of carboxylic acid groups (broad SMARTS) is 1. The van der Waals surface area contributed by atoms with Crippen LogP contribution in [0.25, 0.3) is 11.1 Å². The average Bonchev–Trinajstić information content (AvgIpc) is 3.40. The Hall–Kier alpha value is -4.25. The van der Waals surface area contributed by atoms with Gasteiger partial charge in [0.1, 0.15) is 6.61 Å². The molecule has 170 valence electrons. The Morgan fingerprint density at radius 1 is 1.06 bits per heavy atom. The summed E-state index contributed by atoms with van der Waals surface area (Å²) in [5.74, 6) is -2.48. The summed E-state index contributed by atoms with van der Waals surface area (Å²) >= 11 is 0. The van der Waals surface area contributed by atoms with Crippen LogP contribution in [0.3, 0.4) is 0 Å². The number of anilines is 1. The first-order valence-electron chi connectivity index (χ1n) is 10.2. The van der Waals surface area contributed by atoms with Gasteiger partial charge in [-0.3, -0.25) is 15.2 Å². The van der Waals surface area contributed by atoms with Gasteiger partial charge in [0.2, 0.25) is 5.82 Å². The highest BCUT2D eigenvalue weighted by Crippen LogP contribution is 2.44. The van der Waals surface area contributed by atoms with Crippen molar-refractivity contribution < 1.29 is 29.3 Å². The number of carboxylic acids is 1. The third-order valence-electron chi connectivity index (χ3n) is 5.25. The molecule has 0 saturated carbocycles. The van der Waals surface area contributed by atoms with Crippen LogP contribution in [0.1, 0.15) is 34.1 Å². The first-order chi connectivity index (χ1) is 15.9. The smallest absolute Gasteiger partial charge is 0.414 e. The number of nitrogens with zero attached hydrogens (tertiary/aromatic N) is 2. The van der Waals surface area contributed by atoms with Crippen LogP contribution in [0.15, 0.2) is 48.5 Å². The molecule has 2 amide bonds. The van der Waals surface area contributed by atoms with Gasteiger partial charge in [-0.25, -0.2) is 9.59 Å². The van der Waals surface area contributed by atoms with Crippen molar-refractivity contribution in [3.05, 3.63) is 65.5 Å². The number of amides is 2. The van der Waals surface area contributed by atoms with Crippen LogP contribution in [0.2, 0.25) is 0 Å². The van der Waals surface area contributed by atoms with Crippen LogP contribution in [-0.2, 0) is 9.53 Å². The number of ether oxygens (including phenoxy) is 1. The molecule has 0 spiro atoms. The number of hydrogen-bond acceptors (Lipinski definition) is 7. The number of fused-ring (bicyclic) bond motifs is 3. The van der Waals surface area contributed by atoms with E-state index in [0.717, 1.165) is 22.3 Å². The molecule has 0 aliphatic heterocycles. The topological polar surface area (TPSA) is 167 Å². The standard InChI is InChI=1S/C22H21N5O6/c28-17(20(30)31)9-10-23-19(29)18-24-21(27-26-18)25-22(32)33-11-16-14-7-3-1-5-12(14)13-6-2-4-8-15(13)16/h1-8,16-17,28H,9-11H2,(H,23,29)(H,30,31)(H2,24,25,26,27,32). The molecule has 1 atom stereocenters. The van der Waals surface area contributed by atoms with E-state index < -0.39 is 24.1 Å². The second-order valence-corrected chi connectivity index (χ2v) is 7.36. The van der Waals surface area contributed by atoms with E-state index in [0.29, 0.717) is 0 Å². The molecule has 11 heteroatoms. The first kappa shape index (κ1) is 22.0. The van der Waals surface area contributed by atoms with Gasteiger partial charge < -0.3 is 20.3 Å². The van der Waals surface area contributed by atoms with Crippen molar-refractivity contribution in [3.8, 4) is 11.1 Å². The number of benzene rings is 2. The fourth-order valence-electron chi connectivity index (χ4n) is 3.67. The highest BCUT2D eigenvalue weighted by molar-refractivity contribution is 5.91. The molecule has 0 saturated heterocycles. The Bertz CT molecular complexity index is 1150. The van der Waals surface area contributed by atoms with E-state index in [-0.39, 0.29) is 37.3 Å². The molecule has 11 nitrogen and oxygen atoms in total. The highest BCUT2D eigenvalue weighted by Gasteiger charge is 2.29. The third-order valence-corrected chi connectivity index (χ3v) is 5.25. The zero-order valence-electron chi connectivity index (χ0n) is 17.3. The van der Waals surface area contributed by atoms with Gasteiger partial charge in [-0.2, -0.15) is 4.98 Å². The van der Waals surface area contributed by atoms with Crippen molar-refractivity contribution in [1.29, 1.82) is 0 Å². The summed E-state index contributed by atoms with van der Waals surface area (Å²) in [7, 11) is 0. The van der Waals surface area contributed by atoms with Crippen LogP contribution in [0.5, 0.6) is 0 Å². The average molecular weight is 451 g/mol. The second kappa shape index (κ2) is 9.49. The molecular formula is C22H21N5O6. The van der Waals surface area contributed by atoms with Crippen molar-refractivity contribution in [3.63, 3.8) is 0 Å². The van der Waals surface area contributed by atoms with Crippen LogP contribution in [-0.4, -0.2) is 62.6 Å². The first-order valence-corrected chi connectivity index (χ1v) is 10.2. The number of aliphatic carboxylic acids is 1. The Morgan fingerprint density at radius 2 is 1.70 bits per heavy atom. The van der Waals surface area contributed by atoms with E-state index in [1.807, 2.05) is 48.5 Å². The van der Waals surface area contributed by atoms with Crippen molar-refractivity contribution in [1.82, 2.24) is 20.5 Å². The molecule has 4 rings (SSSR count). The lowest BCUT2D eigenvalue weighted by atomic mass is 9.98. The largest absolute Gasteiger partial charge is 0.479 e. The zero-order valence-corrected chi connectivity index (χ0v) is 17.3. The zero-order chi connectivity index (χ0) is 23.4. The molecule has 1 heterocycles. The number of carbonyl (C=O) groups excluding carboxylic acids is 2. The molecule has 2 aromatic carbocycles. The maximum absolute atomic E-state index is 12.3. The summed E-state index contributed by atoms with van der Waals surface area (Å²) in [5, 5.41) is 28.7. The summed E-state index contributed by atoms with van der Waals surface area (Å²) in [6, 6.07) is 15.9. The van der Waals surface area contributed by atoms with Crippen molar-refractivity contribution >= 4 is 23.9 Å². The van der Waals surface area contributed by atoms with E-state index in [1.54, 1.807) is 0 Å². The van der Waals surface area contributed by atoms with E-state index in [1.165, 1.54) is 0 Å². The normalized spacial score (nSPS) is 13.0. The van der Waals surface area contributed by atoms with Gasteiger partial charge in [0, 0.05) is 18.9 Å². The summed E-state index contributed by atoms with van der Waals surface area (Å²) in [6.45, 7) is 0.0334. The lowest BCUT2D eigenvalue weighted by Gasteiger charge is -2.13. The minimum Gasteiger partial charge on any atom is -0.479 e. The third kappa shape index (κ3) is 4.83. The number of hydrogen-bond donors (Lipinski definition) is 5. The molecule has 0 fully saturated rings. The van der Waals surface area contributed by atoms with E-state index in [9.17, 15) is 19.5 Å². The van der Waals surface area contributed by atoms with Crippen molar-refractivity contribution in [2.75, 3.05) is 18.5 Å². The maximum atomic E-state index is 12.3. The lowest BCUT2D eigenvalue weighted by Crippen LogP contribution is -2.30. The fraction of sp³-hybridized carbons (Fsp3) is 0.227. The molecular weight excluding hydrogens is 430 g/mol. The molecule has 1 aromatic heterocycles.